The van der Waals surface area contributed by atoms with Gasteiger partial charge in [-0.05, 0) is 35.8 Å². The van der Waals surface area contributed by atoms with Gasteiger partial charge >= 0.3 is 0 Å². The molecule has 0 fully saturated rings. The average Bonchev–Trinajstić information content (AvgIpc) is 2.61. The molecule has 0 saturated heterocycles. The first kappa shape index (κ1) is 19.4. The van der Waals surface area contributed by atoms with Gasteiger partial charge < -0.3 is 10.1 Å². The molecule has 3 rings (SSSR count). The maximum atomic E-state index is 14.5. The van der Waals surface area contributed by atoms with E-state index in [9.17, 15) is 13.2 Å². The van der Waals surface area contributed by atoms with E-state index in [4.69, 9.17) is 4.74 Å². The van der Waals surface area contributed by atoms with Gasteiger partial charge in [-0.25, -0.2) is 23.1 Å². The van der Waals surface area contributed by atoms with E-state index in [2.05, 4.69) is 31.2 Å². The zero-order chi connectivity index (χ0) is 19.7. The second-order valence-electron chi connectivity index (χ2n) is 6.04. The number of nitrogens with one attached hydrogen (secondary N) is 1. The van der Waals surface area contributed by atoms with Crippen LogP contribution in [0.1, 0.15) is 36.3 Å². The van der Waals surface area contributed by atoms with Crippen LogP contribution in [0, 0.1) is 12.7 Å². The predicted molar refractivity (Wildman–Crippen MR) is 102 cm³/mol. The van der Waals surface area contributed by atoms with Gasteiger partial charge in [0.1, 0.15) is 23.2 Å². The summed E-state index contributed by atoms with van der Waals surface area (Å²) in [6.07, 6.45) is -2.87. The molecule has 2 aromatic carbocycles. The molecule has 27 heavy (non-hydrogen) atoms. The number of rotatable bonds is 5. The van der Waals surface area contributed by atoms with Crippen LogP contribution in [0.2, 0.25) is 0 Å². The highest BCUT2D eigenvalue weighted by atomic mass is 79.9. The van der Waals surface area contributed by atoms with E-state index in [1.807, 2.05) is 0 Å². The lowest BCUT2D eigenvalue weighted by molar-refractivity contribution is 0.146. The van der Waals surface area contributed by atoms with Gasteiger partial charge in [-0.2, -0.15) is 0 Å². The second kappa shape index (κ2) is 7.72. The molecule has 0 aliphatic heterocycles. The van der Waals surface area contributed by atoms with Crippen molar-refractivity contribution in [3.05, 3.63) is 57.6 Å². The van der Waals surface area contributed by atoms with Crippen molar-refractivity contribution in [3.63, 3.8) is 0 Å². The Labute approximate surface area is 162 Å². The van der Waals surface area contributed by atoms with Gasteiger partial charge in [0.25, 0.3) is 6.43 Å². The van der Waals surface area contributed by atoms with E-state index in [1.165, 1.54) is 12.1 Å². The number of ether oxygens (including phenoxy) is 1. The Morgan fingerprint density at radius 2 is 1.85 bits per heavy atom. The van der Waals surface area contributed by atoms with Gasteiger partial charge in [0.15, 0.2) is 0 Å². The van der Waals surface area contributed by atoms with E-state index in [-0.39, 0.29) is 5.56 Å². The molecule has 0 amide bonds. The SMILES string of the molecule is COc1cc2nc(C)nc(NC(C)c3cccc(C(F)F)c3F)c2cc1Br. The van der Waals surface area contributed by atoms with Crippen molar-refractivity contribution in [2.24, 2.45) is 0 Å². The molecule has 142 valence electrons. The first-order valence-corrected chi connectivity index (χ1v) is 8.96. The predicted octanol–water partition coefficient (Wildman–Crippen LogP) is 5.96. The summed E-state index contributed by atoms with van der Waals surface area (Å²) in [4.78, 5) is 8.79. The Balaban J connectivity index is 2.04. The summed E-state index contributed by atoms with van der Waals surface area (Å²) in [5, 5.41) is 3.82. The second-order valence-corrected chi connectivity index (χ2v) is 6.89. The van der Waals surface area contributed by atoms with E-state index >= 15 is 0 Å². The van der Waals surface area contributed by atoms with Crippen LogP contribution in [0.3, 0.4) is 0 Å². The molecule has 1 atom stereocenters. The zero-order valence-corrected chi connectivity index (χ0v) is 16.4. The molecule has 0 aliphatic carbocycles. The standard InChI is InChI=1S/C19H17BrF3N3O/c1-9(11-5-4-6-12(17(11)21)18(22)23)24-19-13-7-14(20)16(27-3)8-15(13)25-10(2)26-19/h4-9,18H,1-3H3,(H,24,25,26). The first-order chi connectivity index (χ1) is 12.8. The van der Waals surface area contributed by atoms with E-state index in [0.29, 0.717) is 32.8 Å². The number of hydrogen-bond acceptors (Lipinski definition) is 4. The number of benzene rings is 2. The van der Waals surface area contributed by atoms with Gasteiger partial charge in [-0.3, -0.25) is 0 Å². The number of aromatic nitrogens is 2. The lowest BCUT2D eigenvalue weighted by Gasteiger charge is -2.19. The van der Waals surface area contributed by atoms with Crippen LogP contribution in [0.15, 0.2) is 34.8 Å². The number of halogens is 4. The topological polar surface area (TPSA) is 47.0 Å². The summed E-state index contributed by atoms with van der Waals surface area (Å²) in [5.41, 5.74) is 0.182. The van der Waals surface area contributed by atoms with Crippen molar-refractivity contribution in [2.45, 2.75) is 26.3 Å². The van der Waals surface area contributed by atoms with Crippen molar-refractivity contribution in [3.8, 4) is 5.75 Å². The van der Waals surface area contributed by atoms with Crippen LogP contribution >= 0.6 is 15.9 Å². The minimum atomic E-state index is -2.87. The molecule has 0 aliphatic rings. The fraction of sp³-hybridized carbons (Fsp3) is 0.263. The molecule has 4 nitrogen and oxygen atoms in total. The Morgan fingerprint density at radius 3 is 2.52 bits per heavy atom. The molecular weight excluding hydrogens is 423 g/mol. The lowest BCUT2D eigenvalue weighted by atomic mass is 10.0. The summed E-state index contributed by atoms with van der Waals surface area (Å²) in [6.45, 7) is 3.43. The third kappa shape index (κ3) is 3.85. The van der Waals surface area contributed by atoms with Crippen LogP contribution in [0.4, 0.5) is 19.0 Å². The molecule has 1 aromatic heterocycles. The summed E-state index contributed by atoms with van der Waals surface area (Å²) < 4.78 is 46.4. The minimum absolute atomic E-state index is 0.143. The quantitative estimate of drug-likeness (QED) is 0.532. The molecular formula is C19H17BrF3N3O. The van der Waals surface area contributed by atoms with Crippen LogP contribution in [-0.4, -0.2) is 17.1 Å². The fourth-order valence-electron chi connectivity index (χ4n) is 2.87. The van der Waals surface area contributed by atoms with Crippen molar-refractivity contribution >= 4 is 32.7 Å². The van der Waals surface area contributed by atoms with E-state index < -0.39 is 23.8 Å². The number of fused-ring (bicyclic) bond motifs is 1. The van der Waals surface area contributed by atoms with Gasteiger partial charge in [-0.1, -0.05) is 18.2 Å². The van der Waals surface area contributed by atoms with Crippen LogP contribution < -0.4 is 10.1 Å². The van der Waals surface area contributed by atoms with Gasteiger partial charge in [0, 0.05) is 17.0 Å². The molecule has 0 spiro atoms. The Hall–Kier alpha value is -2.35. The zero-order valence-electron chi connectivity index (χ0n) is 14.9. The van der Waals surface area contributed by atoms with Crippen LogP contribution in [0.5, 0.6) is 5.75 Å². The Morgan fingerprint density at radius 1 is 1.15 bits per heavy atom. The van der Waals surface area contributed by atoms with Crippen molar-refractivity contribution in [2.75, 3.05) is 12.4 Å². The number of aryl methyl sites for hydroxylation is 1. The first-order valence-electron chi connectivity index (χ1n) is 8.16. The molecule has 3 aromatic rings. The van der Waals surface area contributed by atoms with Crippen molar-refractivity contribution in [1.82, 2.24) is 9.97 Å². The summed E-state index contributed by atoms with van der Waals surface area (Å²) in [5.74, 6) is 0.708. The highest BCUT2D eigenvalue weighted by Gasteiger charge is 2.20. The monoisotopic (exact) mass is 439 g/mol. The van der Waals surface area contributed by atoms with Gasteiger partial charge in [-0.15, -0.1) is 0 Å². The van der Waals surface area contributed by atoms with Crippen molar-refractivity contribution < 1.29 is 17.9 Å². The third-order valence-electron chi connectivity index (χ3n) is 4.19. The summed E-state index contributed by atoms with van der Waals surface area (Å²) in [7, 11) is 1.56. The maximum Gasteiger partial charge on any atom is 0.266 e. The lowest BCUT2D eigenvalue weighted by Crippen LogP contribution is -2.12. The molecule has 0 radical (unpaired) electrons. The smallest absolute Gasteiger partial charge is 0.266 e. The highest BCUT2D eigenvalue weighted by Crippen LogP contribution is 2.34. The normalized spacial score (nSPS) is 12.4. The molecule has 1 N–H and O–H groups in total. The van der Waals surface area contributed by atoms with Crippen LogP contribution in [0.25, 0.3) is 10.9 Å². The average molecular weight is 440 g/mol. The highest BCUT2D eigenvalue weighted by molar-refractivity contribution is 9.10. The Kier molecular flexibility index (Phi) is 5.55. The van der Waals surface area contributed by atoms with Crippen molar-refractivity contribution in [1.29, 1.82) is 0 Å². The molecule has 0 bridgehead atoms. The molecule has 1 heterocycles. The molecule has 1 unspecified atom stereocenters. The number of nitrogens with zero attached hydrogens (tertiary/aromatic N) is 2. The fourth-order valence-corrected chi connectivity index (χ4v) is 3.37. The van der Waals surface area contributed by atoms with Gasteiger partial charge in [0.2, 0.25) is 0 Å². The third-order valence-corrected chi connectivity index (χ3v) is 4.81. The summed E-state index contributed by atoms with van der Waals surface area (Å²) >= 11 is 3.43. The van der Waals surface area contributed by atoms with E-state index in [1.54, 1.807) is 33.1 Å². The number of anilines is 1. The maximum absolute atomic E-state index is 14.5. The Bertz CT molecular complexity index is 998. The molecule has 8 heteroatoms. The number of hydrogen-bond donors (Lipinski definition) is 1. The number of alkyl halides is 2. The number of methoxy groups -OCH3 is 1. The largest absolute Gasteiger partial charge is 0.495 e. The minimum Gasteiger partial charge on any atom is -0.495 e. The van der Waals surface area contributed by atoms with Gasteiger partial charge in [0.05, 0.1) is 28.7 Å². The summed E-state index contributed by atoms with van der Waals surface area (Å²) in [6, 6.07) is 6.97. The molecule has 0 saturated carbocycles. The van der Waals surface area contributed by atoms with E-state index in [0.717, 1.165) is 6.07 Å². The van der Waals surface area contributed by atoms with Crippen LogP contribution in [-0.2, 0) is 0 Å².